The van der Waals surface area contributed by atoms with Gasteiger partial charge in [-0.2, -0.15) is 0 Å². The first-order valence-electron chi connectivity index (χ1n) is 10.9. The maximum absolute atomic E-state index is 11.5. The van der Waals surface area contributed by atoms with Crippen molar-refractivity contribution < 1.29 is 19.3 Å². The topological polar surface area (TPSA) is 51.2 Å². The molecule has 0 saturated carbocycles. The molecule has 2 heterocycles. The zero-order valence-corrected chi connectivity index (χ0v) is 18.4. The minimum atomic E-state index is -0.763. The van der Waals surface area contributed by atoms with Crippen molar-refractivity contribution in [2.45, 2.75) is 69.9 Å². The van der Waals surface area contributed by atoms with Crippen molar-refractivity contribution in [1.82, 2.24) is 4.90 Å². The number of ether oxygens (including phenoxy) is 3. The van der Waals surface area contributed by atoms with Gasteiger partial charge in [-0.05, 0) is 74.9 Å². The summed E-state index contributed by atoms with van der Waals surface area (Å²) in [5.74, 6) is 2.38. The molecule has 0 unspecified atom stereocenters. The number of hydrogen-bond donors (Lipinski definition) is 1. The normalized spacial score (nSPS) is 26.1. The van der Waals surface area contributed by atoms with E-state index < -0.39 is 5.60 Å². The van der Waals surface area contributed by atoms with Crippen molar-refractivity contribution in [2.75, 3.05) is 14.2 Å². The number of aliphatic hydroxyl groups is 1. The number of nitrogens with zero attached hydrogens (tertiary/aromatic N) is 1. The summed E-state index contributed by atoms with van der Waals surface area (Å²) in [6.45, 7) is 4.90. The van der Waals surface area contributed by atoms with E-state index in [0.29, 0.717) is 12.1 Å². The Balaban J connectivity index is 1.49. The van der Waals surface area contributed by atoms with E-state index in [9.17, 15) is 5.11 Å². The van der Waals surface area contributed by atoms with Crippen LogP contribution in [0.4, 0.5) is 0 Å². The Morgan fingerprint density at radius 1 is 0.967 bits per heavy atom. The van der Waals surface area contributed by atoms with Gasteiger partial charge < -0.3 is 19.3 Å². The van der Waals surface area contributed by atoms with E-state index >= 15 is 0 Å². The van der Waals surface area contributed by atoms with Gasteiger partial charge in [0, 0.05) is 18.6 Å². The van der Waals surface area contributed by atoms with Gasteiger partial charge in [0.25, 0.3) is 0 Å². The molecule has 2 aromatic carbocycles. The van der Waals surface area contributed by atoms with Crippen molar-refractivity contribution >= 4 is 0 Å². The third-order valence-electron chi connectivity index (χ3n) is 6.50. The number of fused-ring (bicyclic) bond motifs is 2. The highest BCUT2D eigenvalue weighted by molar-refractivity contribution is 5.43. The second-order valence-electron chi connectivity index (χ2n) is 8.88. The minimum absolute atomic E-state index is 0.110. The molecule has 0 aromatic heterocycles. The van der Waals surface area contributed by atoms with Gasteiger partial charge in [-0.3, -0.25) is 4.90 Å². The first-order valence-corrected chi connectivity index (χ1v) is 10.9. The molecule has 2 saturated heterocycles. The fraction of sp³-hybridized carbons (Fsp3) is 0.520. The molecule has 2 aliphatic heterocycles. The maximum atomic E-state index is 11.5. The maximum Gasteiger partial charge on any atom is 0.161 e. The predicted molar refractivity (Wildman–Crippen MR) is 117 cm³/mol. The highest BCUT2D eigenvalue weighted by atomic mass is 16.5. The van der Waals surface area contributed by atoms with Crippen LogP contribution in [0.25, 0.3) is 0 Å². The second-order valence-corrected chi connectivity index (χ2v) is 8.88. The lowest BCUT2D eigenvalue weighted by atomic mass is 9.80. The molecule has 0 amide bonds. The van der Waals surface area contributed by atoms with Crippen molar-refractivity contribution in [3.8, 4) is 17.2 Å². The molecule has 4 rings (SSSR count). The van der Waals surface area contributed by atoms with E-state index in [0.717, 1.165) is 55.0 Å². The van der Waals surface area contributed by atoms with Crippen LogP contribution in [0.5, 0.6) is 17.2 Å². The summed E-state index contributed by atoms with van der Waals surface area (Å²) in [5.41, 5.74) is 1.45. The van der Waals surface area contributed by atoms with Gasteiger partial charge in [0.15, 0.2) is 11.5 Å². The molecule has 2 aliphatic rings. The molecular formula is C25H33NO4. The summed E-state index contributed by atoms with van der Waals surface area (Å²) >= 11 is 0. The number of benzene rings is 2. The first-order chi connectivity index (χ1) is 14.4. The number of methoxy groups -OCH3 is 2. The lowest BCUT2D eigenvalue weighted by Crippen LogP contribution is -2.49. The smallest absolute Gasteiger partial charge is 0.161 e. The summed E-state index contributed by atoms with van der Waals surface area (Å²) < 4.78 is 16.7. The molecule has 2 atom stereocenters. The van der Waals surface area contributed by atoms with Gasteiger partial charge in [0.2, 0.25) is 0 Å². The molecular weight excluding hydrogens is 378 g/mol. The summed E-state index contributed by atoms with van der Waals surface area (Å²) in [7, 11) is 3.35. The van der Waals surface area contributed by atoms with Gasteiger partial charge in [-0.25, -0.2) is 0 Å². The van der Waals surface area contributed by atoms with Crippen LogP contribution in [-0.4, -0.2) is 42.4 Å². The molecule has 5 nitrogen and oxygen atoms in total. The van der Waals surface area contributed by atoms with Crippen LogP contribution in [0.2, 0.25) is 0 Å². The number of hydrogen-bond acceptors (Lipinski definition) is 5. The third kappa shape index (κ3) is 4.14. The van der Waals surface area contributed by atoms with E-state index in [4.69, 9.17) is 14.2 Å². The Hall–Kier alpha value is -2.24. The van der Waals surface area contributed by atoms with Gasteiger partial charge in [-0.1, -0.05) is 18.2 Å². The van der Waals surface area contributed by atoms with Crippen molar-refractivity contribution in [3.05, 3.63) is 53.6 Å². The Kier molecular flexibility index (Phi) is 5.94. The van der Waals surface area contributed by atoms with E-state index in [2.05, 4.69) is 17.0 Å². The molecule has 0 radical (unpaired) electrons. The van der Waals surface area contributed by atoms with Crippen LogP contribution < -0.4 is 14.2 Å². The third-order valence-corrected chi connectivity index (χ3v) is 6.50. The molecule has 0 spiro atoms. The molecule has 2 aromatic rings. The summed E-state index contributed by atoms with van der Waals surface area (Å²) in [6, 6.07) is 14.9. The Bertz CT molecular complexity index is 850. The minimum Gasteiger partial charge on any atom is -0.497 e. The number of rotatable bonds is 7. The zero-order chi connectivity index (χ0) is 21.3. The van der Waals surface area contributed by atoms with Crippen LogP contribution in [0.3, 0.4) is 0 Å². The lowest BCUT2D eigenvalue weighted by Gasteiger charge is -2.44. The summed E-state index contributed by atoms with van der Waals surface area (Å²) in [6.07, 6.45) is 3.91. The predicted octanol–water partition coefficient (Wildman–Crippen LogP) is 4.51. The monoisotopic (exact) mass is 411 g/mol. The second kappa shape index (κ2) is 8.48. The van der Waals surface area contributed by atoms with Crippen LogP contribution in [0.15, 0.2) is 42.5 Å². The molecule has 30 heavy (non-hydrogen) atoms. The zero-order valence-electron chi connectivity index (χ0n) is 18.4. The molecule has 2 fully saturated rings. The van der Waals surface area contributed by atoms with Gasteiger partial charge >= 0.3 is 0 Å². The first kappa shape index (κ1) is 21.0. The fourth-order valence-corrected chi connectivity index (χ4v) is 5.08. The van der Waals surface area contributed by atoms with Crippen LogP contribution in [0.1, 0.15) is 50.7 Å². The molecule has 162 valence electrons. The Morgan fingerprint density at radius 3 is 2.20 bits per heavy atom. The fourth-order valence-electron chi connectivity index (χ4n) is 5.08. The van der Waals surface area contributed by atoms with E-state index in [1.54, 1.807) is 14.2 Å². The van der Waals surface area contributed by atoms with Crippen molar-refractivity contribution in [3.63, 3.8) is 0 Å². The van der Waals surface area contributed by atoms with Crippen molar-refractivity contribution in [1.29, 1.82) is 0 Å². The van der Waals surface area contributed by atoms with Crippen molar-refractivity contribution in [2.24, 2.45) is 0 Å². The van der Waals surface area contributed by atoms with Crippen LogP contribution in [0, 0.1) is 0 Å². The molecule has 5 heteroatoms. The average molecular weight is 412 g/mol. The average Bonchev–Trinajstić information content (AvgIpc) is 2.98. The van der Waals surface area contributed by atoms with Gasteiger partial charge in [0.05, 0.1) is 25.9 Å². The Morgan fingerprint density at radius 2 is 1.63 bits per heavy atom. The van der Waals surface area contributed by atoms with E-state index in [1.165, 1.54) is 5.56 Å². The highest BCUT2D eigenvalue weighted by Crippen LogP contribution is 2.46. The quantitative estimate of drug-likeness (QED) is 0.727. The summed E-state index contributed by atoms with van der Waals surface area (Å²) in [5, 5.41) is 11.5. The molecule has 0 aliphatic carbocycles. The Labute approximate surface area is 179 Å². The van der Waals surface area contributed by atoms with E-state index in [-0.39, 0.29) is 6.10 Å². The summed E-state index contributed by atoms with van der Waals surface area (Å²) in [4.78, 5) is 2.57. The standard InChI is InChI=1S/C25H33NO4/c1-17(2)30-23-12-5-18(13-24(23)29-4)16-26-20-8-9-21(26)15-25(27,14-20)19-6-10-22(28-3)11-7-19/h5-7,10-13,17,20-21,27H,8-9,14-16H2,1-4H3/t20-,21-/m1/s1. The SMILES string of the molecule is COc1ccc(C2(O)C[C@H]3CC[C@H](C2)N3Cc2ccc(OC(C)C)c(OC)c2)cc1. The van der Waals surface area contributed by atoms with Gasteiger partial charge in [0.1, 0.15) is 5.75 Å². The van der Waals surface area contributed by atoms with E-state index in [1.807, 2.05) is 44.2 Å². The molecule has 2 bridgehead atoms. The lowest BCUT2D eigenvalue weighted by molar-refractivity contribution is -0.0595. The highest BCUT2D eigenvalue weighted by Gasteiger charge is 2.48. The molecule has 1 N–H and O–H groups in total. The largest absolute Gasteiger partial charge is 0.497 e. The number of piperidine rings is 1. The van der Waals surface area contributed by atoms with Crippen LogP contribution in [-0.2, 0) is 12.1 Å². The van der Waals surface area contributed by atoms with Crippen LogP contribution >= 0.6 is 0 Å². The van der Waals surface area contributed by atoms with Gasteiger partial charge in [-0.15, -0.1) is 0 Å².